The highest BCUT2D eigenvalue weighted by Crippen LogP contribution is 2.38. The minimum Gasteiger partial charge on any atom is -0.207 e. The van der Waals surface area contributed by atoms with Gasteiger partial charge in [0.15, 0.2) is 5.54 Å². The molecule has 24 heavy (non-hydrogen) atoms. The summed E-state index contributed by atoms with van der Waals surface area (Å²) in [7, 11) is 0. The molecule has 0 fully saturated rings. The number of rotatable bonds is 2. The summed E-state index contributed by atoms with van der Waals surface area (Å²) in [6, 6.07) is 16.2. The fourth-order valence-electron chi connectivity index (χ4n) is 4.29. The van der Waals surface area contributed by atoms with Gasteiger partial charge in [0, 0.05) is 42.3 Å². The summed E-state index contributed by atoms with van der Waals surface area (Å²) in [6.45, 7) is 6.67. The van der Waals surface area contributed by atoms with E-state index in [1.807, 2.05) is 6.07 Å². The molecule has 0 unspecified atom stereocenters. The van der Waals surface area contributed by atoms with Gasteiger partial charge in [-0.2, -0.15) is 4.57 Å². The second-order valence-corrected chi connectivity index (χ2v) is 7.03. The Kier molecular flexibility index (Phi) is 3.45. The first-order valence-corrected chi connectivity index (χ1v) is 8.82. The summed E-state index contributed by atoms with van der Waals surface area (Å²) < 4.78 is 16.2. The van der Waals surface area contributed by atoms with Gasteiger partial charge in [0.1, 0.15) is 5.82 Å². The van der Waals surface area contributed by atoms with Crippen LogP contribution in [0.25, 0.3) is 22.2 Å². The first kappa shape index (κ1) is 15.3. The van der Waals surface area contributed by atoms with Crippen molar-refractivity contribution in [1.82, 2.24) is 0 Å². The quantitative estimate of drug-likeness (QED) is 0.563. The minimum absolute atomic E-state index is 0.0505. The Balaban J connectivity index is 2.13. The Morgan fingerprint density at radius 2 is 1.79 bits per heavy atom. The van der Waals surface area contributed by atoms with Gasteiger partial charge in [0.05, 0.1) is 0 Å². The molecule has 1 aliphatic heterocycles. The molecular formula is C22H23FN+. The lowest BCUT2D eigenvalue weighted by atomic mass is 9.78. The molecule has 4 rings (SSSR count). The maximum absolute atomic E-state index is 13.7. The fraction of sp³-hybridized carbons (Fsp3) is 0.318. The predicted octanol–water partition coefficient (Wildman–Crippen LogP) is 5.31. The molecule has 0 saturated carbocycles. The van der Waals surface area contributed by atoms with Crippen LogP contribution in [0.4, 0.5) is 4.39 Å². The SMILES string of the molecule is CCC1(CC)Cc2ccc(C)cc2-c2ccc3cc(F)ccc3[n+]21. The van der Waals surface area contributed by atoms with Gasteiger partial charge in [-0.05, 0) is 36.8 Å². The molecule has 1 aromatic heterocycles. The molecule has 0 amide bonds. The number of fused-ring (bicyclic) bond motifs is 5. The molecule has 1 nitrogen and oxygen atoms in total. The van der Waals surface area contributed by atoms with Gasteiger partial charge in [0.2, 0.25) is 11.2 Å². The lowest BCUT2D eigenvalue weighted by molar-refractivity contribution is -0.735. The maximum Gasteiger partial charge on any atom is 0.213 e. The average Bonchev–Trinajstić information content (AvgIpc) is 2.60. The third kappa shape index (κ3) is 2.09. The average molecular weight is 320 g/mol. The number of hydrogen-bond acceptors (Lipinski definition) is 0. The molecule has 2 heteroatoms. The second-order valence-electron chi connectivity index (χ2n) is 7.03. The Morgan fingerprint density at radius 3 is 2.54 bits per heavy atom. The van der Waals surface area contributed by atoms with Crippen LogP contribution in [0, 0.1) is 12.7 Å². The van der Waals surface area contributed by atoms with Crippen LogP contribution >= 0.6 is 0 Å². The third-order valence-corrected chi connectivity index (χ3v) is 5.74. The zero-order chi connectivity index (χ0) is 16.9. The van der Waals surface area contributed by atoms with Crippen LogP contribution in [0.2, 0.25) is 0 Å². The van der Waals surface area contributed by atoms with Crippen LogP contribution in [0.5, 0.6) is 0 Å². The van der Waals surface area contributed by atoms with Gasteiger partial charge < -0.3 is 0 Å². The summed E-state index contributed by atoms with van der Waals surface area (Å²) in [5.41, 5.74) is 6.45. The van der Waals surface area contributed by atoms with E-state index in [0.29, 0.717) is 0 Å². The highest BCUT2D eigenvalue weighted by Gasteiger charge is 2.44. The van der Waals surface area contributed by atoms with Crippen LogP contribution in [0.3, 0.4) is 0 Å². The predicted molar refractivity (Wildman–Crippen MR) is 96.5 cm³/mol. The Labute approximate surface area is 142 Å². The van der Waals surface area contributed by atoms with Crippen LogP contribution in [-0.4, -0.2) is 0 Å². The zero-order valence-electron chi connectivity index (χ0n) is 14.6. The molecule has 0 saturated heterocycles. The summed E-state index contributed by atoms with van der Waals surface area (Å²) in [5, 5.41) is 0.973. The van der Waals surface area contributed by atoms with Crippen LogP contribution < -0.4 is 4.57 Å². The highest BCUT2D eigenvalue weighted by atomic mass is 19.1. The van der Waals surface area contributed by atoms with Crippen LogP contribution in [0.1, 0.15) is 37.8 Å². The molecule has 2 heterocycles. The highest BCUT2D eigenvalue weighted by molar-refractivity contribution is 5.78. The summed E-state index contributed by atoms with van der Waals surface area (Å²) in [4.78, 5) is 0. The minimum atomic E-state index is -0.172. The molecule has 122 valence electrons. The fourth-order valence-corrected chi connectivity index (χ4v) is 4.29. The monoisotopic (exact) mass is 320 g/mol. The van der Waals surface area contributed by atoms with Crippen molar-refractivity contribution in [3.8, 4) is 11.3 Å². The Hall–Kier alpha value is -2.22. The van der Waals surface area contributed by atoms with E-state index in [0.717, 1.165) is 30.2 Å². The molecule has 0 radical (unpaired) electrons. The number of nitrogens with zero attached hydrogens (tertiary/aromatic N) is 1. The van der Waals surface area contributed by atoms with E-state index in [-0.39, 0.29) is 11.4 Å². The number of hydrogen-bond donors (Lipinski definition) is 0. The lowest BCUT2D eigenvalue weighted by Gasteiger charge is -2.33. The van der Waals surface area contributed by atoms with E-state index >= 15 is 0 Å². The largest absolute Gasteiger partial charge is 0.213 e. The van der Waals surface area contributed by atoms with Crippen molar-refractivity contribution in [3.05, 3.63) is 65.5 Å². The van der Waals surface area contributed by atoms with Gasteiger partial charge in [-0.3, -0.25) is 0 Å². The number of benzene rings is 2. The number of aromatic nitrogens is 1. The standard InChI is InChI=1S/C22H23FN/c1-4-22(5-2)14-17-7-6-15(3)12-19(17)21-10-8-16-13-18(23)9-11-20(16)24(21)22/h6-13H,4-5,14H2,1-3H3/q+1. The molecule has 1 aliphatic rings. The lowest BCUT2D eigenvalue weighted by Crippen LogP contribution is -2.60. The van der Waals surface area contributed by atoms with Crippen LogP contribution in [0.15, 0.2) is 48.5 Å². The van der Waals surface area contributed by atoms with Crippen molar-refractivity contribution in [1.29, 1.82) is 0 Å². The molecule has 0 spiro atoms. The maximum atomic E-state index is 13.7. The number of aryl methyl sites for hydroxylation is 1. The molecule has 0 N–H and O–H groups in total. The van der Waals surface area contributed by atoms with E-state index in [1.54, 1.807) is 12.1 Å². The van der Waals surface area contributed by atoms with Crippen molar-refractivity contribution >= 4 is 10.9 Å². The van der Waals surface area contributed by atoms with Crippen molar-refractivity contribution in [2.75, 3.05) is 0 Å². The van der Waals surface area contributed by atoms with Crippen molar-refractivity contribution in [3.63, 3.8) is 0 Å². The molecule has 0 bridgehead atoms. The molecular weight excluding hydrogens is 297 g/mol. The Bertz CT molecular complexity index is 938. The van der Waals surface area contributed by atoms with Crippen LogP contribution in [-0.2, 0) is 12.0 Å². The smallest absolute Gasteiger partial charge is 0.207 e. The number of pyridine rings is 1. The first-order chi connectivity index (χ1) is 11.6. The summed E-state index contributed by atoms with van der Waals surface area (Å²) >= 11 is 0. The number of halogens is 1. The molecule has 2 aromatic carbocycles. The first-order valence-electron chi connectivity index (χ1n) is 8.82. The van der Waals surface area contributed by atoms with E-state index in [9.17, 15) is 4.39 Å². The van der Waals surface area contributed by atoms with Crippen molar-refractivity contribution < 1.29 is 8.96 Å². The Morgan fingerprint density at radius 1 is 1.00 bits per heavy atom. The normalized spacial score (nSPS) is 15.2. The van der Waals surface area contributed by atoms with Gasteiger partial charge in [-0.1, -0.05) is 31.5 Å². The van der Waals surface area contributed by atoms with Gasteiger partial charge in [0.25, 0.3) is 0 Å². The van der Waals surface area contributed by atoms with Gasteiger partial charge in [-0.25, -0.2) is 4.39 Å². The topological polar surface area (TPSA) is 3.88 Å². The van der Waals surface area contributed by atoms with Crippen molar-refractivity contribution in [2.45, 2.75) is 45.6 Å². The zero-order valence-corrected chi connectivity index (χ0v) is 14.6. The summed E-state index contributed by atoms with van der Waals surface area (Å²) in [5.74, 6) is -0.172. The van der Waals surface area contributed by atoms with E-state index < -0.39 is 0 Å². The molecule has 0 atom stereocenters. The van der Waals surface area contributed by atoms with Gasteiger partial charge >= 0.3 is 0 Å². The van der Waals surface area contributed by atoms with E-state index in [1.165, 1.54) is 22.4 Å². The van der Waals surface area contributed by atoms with E-state index in [4.69, 9.17) is 0 Å². The molecule has 0 aliphatic carbocycles. The molecule has 3 aromatic rings. The summed E-state index contributed by atoms with van der Waals surface area (Å²) in [6.07, 6.45) is 3.15. The van der Waals surface area contributed by atoms with E-state index in [2.05, 4.69) is 55.7 Å². The van der Waals surface area contributed by atoms with Crippen molar-refractivity contribution in [2.24, 2.45) is 0 Å². The van der Waals surface area contributed by atoms with Gasteiger partial charge in [-0.15, -0.1) is 0 Å². The second kappa shape index (κ2) is 5.41. The third-order valence-electron chi connectivity index (χ3n) is 5.74.